The predicted octanol–water partition coefficient (Wildman–Crippen LogP) is 2.04. The van der Waals surface area contributed by atoms with Crippen LogP contribution in [0, 0.1) is 5.92 Å². The molecule has 0 aromatic heterocycles. The quantitative estimate of drug-likeness (QED) is 0.903. The molecule has 0 fully saturated rings. The minimum atomic E-state index is -3.65. The smallest absolute Gasteiger partial charge is 0.244 e. The topological polar surface area (TPSA) is 72.5 Å². The lowest BCUT2D eigenvalue weighted by Crippen LogP contribution is -2.40. The first-order chi connectivity index (χ1) is 9.81. The molecule has 116 valence electrons. The van der Waals surface area contributed by atoms with E-state index in [4.69, 9.17) is 4.74 Å². The third kappa shape index (κ3) is 3.56. The molecular weight excluding hydrogens is 290 g/mol. The molecule has 1 amide bonds. The van der Waals surface area contributed by atoms with Gasteiger partial charge in [0, 0.05) is 5.56 Å². The van der Waals surface area contributed by atoms with Crippen LogP contribution in [0.25, 0.3) is 0 Å². The van der Waals surface area contributed by atoms with Crippen molar-refractivity contribution in [3.8, 4) is 5.75 Å². The van der Waals surface area contributed by atoms with Gasteiger partial charge in [0.1, 0.15) is 18.3 Å². The minimum Gasteiger partial charge on any atom is -0.492 e. The molecule has 2 atom stereocenters. The van der Waals surface area contributed by atoms with E-state index in [0.717, 1.165) is 5.56 Å². The van der Waals surface area contributed by atoms with Crippen LogP contribution in [0.3, 0.4) is 0 Å². The molecule has 21 heavy (non-hydrogen) atoms. The van der Waals surface area contributed by atoms with Gasteiger partial charge in [-0.25, -0.2) is 8.42 Å². The first-order valence-electron chi connectivity index (χ1n) is 7.08. The Hall–Kier alpha value is -1.56. The van der Waals surface area contributed by atoms with Crippen molar-refractivity contribution in [2.75, 3.05) is 6.61 Å². The number of carbonyl (C=O) groups excluding carboxylic acids is 1. The van der Waals surface area contributed by atoms with Crippen molar-refractivity contribution in [3.63, 3.8) is 0 Å². The summed E-state index contributed by atoms with van der Waals surface area (Å²) in [5.41, 5.74) is 0.738. The SMILES string of the molecule is CC(C)C[C@H](C)S(=O)(=O)NC(=O)[C@H]1COc2ccccc21. The molecule has 6 heteroatoms. The lowest BCUT2D eigenvalue weighted by molar-refractivity contribution is -0.121. The largest absolute Gasteiger partial charge is 0.492 e. The number of ether oxygens (including phenoxy) is 1. The maximum Gasteiger partial charge on any atom is 0.244 e. The van der Waals surface area contributed by atoms with Gasteiger partial charge < -0.3 is 4.74 Å². The molecule has 1 aliphatic heterocycles. The van der Waals surface area contributed by atoms with E-state index in [-0.39, 0.29) is 12.5 Å². The number of rotatable bonds is 5. The highest BCUT2D eigenvalue weighted by Crippen LogP contribution is 2.33. The molecule has 0 saturated heterocycles. The molecule has 0 radical (unpaired) electrons. The Morgan fingerprint density at radius 1 is 1.33 bits per heavy atom. The Bertz CT molecular complexity index is 624. The summed E-state index contributed by atoms with van der Waals surface area (Å²) in [5.74, 6) is -0.190. The highest BCUT2D eigenvalue weighted by atomic mass is 32.2. The number of amides is 1. The fourth-order valence-corrected chi connectivity index (χ4v) is 3.74. The third-order valence-electron chi connectivity index (χ3n) is 3.59. The van der Waals surface area contributed by atoms with Gasteiger partial charge in [0.25, 0.3) is 0 Å². The highest BCUT2D eigenvalue weighted by molar-refractivity contribution is 7.90. The second kappa shape index (κ2) is 6.05. The van der Waals surface area contributed by atoms with Gasteiger partial charge >= 0.3 is 0 Å². The van der Waals surface area contributed by atoms with Gasteiger partial charge in [0.2, 0.25) is 15.9 Å². The number of carbonyl (C=O) groups is 1. The van der Waals surface area contributed by atoms with Crippen molar-refractivity contribution in [2.24, 2.45) is 5.92 Å². The standard InChI is InChI=1S/C15H21NO4S/c1-10(2)8-11(3)21(18,19)16-15(17)13-9-20-14-7-5-4-6-12(13)14/h4-7,10-11,13H,8-9H2,1-3H3,(H,16,17)/t11-,13-/m0/s1. The van der Waals surface area contributed by atoms with Crippen LogP contribution in [-0.4, -0.2) is 26.2 Å². The van der Waals surface area contributed by atoms with Crippen molar-refractivity contribution in [2.45, 2.75) is 38.4 Å². The second-order valence-electron chi connectivity index (χ2n) is 5.85. The van der Waals surface area contributed by atoms with E-state index in [1.807, 2.05) is 26.0 Å². The molecule has 0 saturated carbocycles. The number of nitrogens with one attached hydrogen (secondary N) is 1. The number of para-hydroxylation sites is 1. The van der Waals surface area contributed by atoms with Gasteiger partial charge in [-0.15, -0.1) is 0 Å². The predicted molar refractivity (Wildman–Crippen MR) is 80.7 cm³/mol. The first kappa shape index (κ1) is 15.8. The summed E-state index contributed by atoms with van der Waals surface area (Å²) in [6.07, 6.45) is 0.514. The van der Waals surface area contributed by atoms with Crippen molar-refractivity contribution >= 4 is 15.9 Å². The Morgan fingerprint density at radius 2 is 2.00 bits per heavy atom. The van der Waals surface area contributed by atoms with Crippen LogP contribution < -0.4 is 9.46 Å². The van der Waals surface area contributed by atoms with Gasteiger partial charge in [-0.3, -0.25) is 9.52 Å². The van der Waals surface area contributed by atoms with E-state index in [1.165, 1.54) is 0 Å². The summed E-state index contributed by atoms with van der Waals surface area (Å²) in [6, 6.07) is 7.19. The molecule has 1 heterocycles. The van der Waals surface area contributed by atoms with Gasteiger partial charge in [0.05, 0.1) is 5.25 Å². The molecule has 1 aromatic rings. The Labute approximate surface area is 125 Å². The summed E-state index contributed by atoms with van der Waals surface area (Å²) < 4.78 is 32.0. The number of hydrogen-bond donors (Lipinski definition) is 1. The summed E-state index contributed by atoms with van der Waals surface area (Å²) in [5, 5.41) is -0.598. The maximum absolute atomic E-state index is 12.2. The van der Waals surface area contributed by atoms with E-state index >= 15 is 0 Å². The maximum atomic E-state index is 12.2. The summed E-state index contributed by atoms with van der Waals surface area (Å²) in [4.78, 5) is 12.2. The van der Waals surface area contributed by atoms with Crippen LogP contribution in [0.4, 0.5) is 0 Å². The van der Waals surface area contributed by atoms with Gasteiger partial charge in [-0.2, -0.15) is 0 Å². The number of benzene rings is 1. The van der Waals surface area contributed by atoms with Crippen LogP contribution in [0.15, 0.2) is 24.3 Å². The molecule has 0 bridgehead atoms. The minimum absolute atomic E-state index is 0.180. The van der Waals surface area contributed by atoms with E-state index in [1.54, 1.807) is 19.1 Å². The zero-order valence-electron chi connectivity index (χ0n) is 12.5. The number of sulfonamides is 1. The molecule has 1 aliphatic rings. The Morgan fingerprint density at radius 3 is 2.67 bits per heavy atom. The molecular formula is C15H21NO4S. The van der Waals surface area contributed by atoms with Crippen LogP contribution in [0.1, 0.15) is 38.7 Å². The molecule has 1 N–H and O–H groups in total. The number of hydrogen-bond acceptors (Lipinski definition) is 4. The highest BCUT2D eigenvalue weighted by Gasteiger charge is 2.33. The van der Waals surface area contributed by atoms with Crippen LogP contribution in [0.2, 0.25) is 0 Å². The summed E-state index contributed by atoms with van der Waals surface area (Å²) >= 11 is 0. The van der Waals surface area contributed by atoms with Gasteiger partial charge in [-0.1, -0.05) is 32.0 Å². The van der Waals surface area contributed by atoms with Crippen molar-refractivity contribution < 1.29 is 17.9 Å². The molecule has 2 rings (SSSR count). The van der Waals surface area contributed by atoms with E-state index in [0.29, 0.717) is 12.2 Å². The fourth-order valence-electron chi connectivity index (χ4n) is 2.48. The average molecular weight is 311 g/mol. The average Bonchev–Trinajstić information content (AvgIpc) is 2.81. The van der Waals surface area contributed by atoms with Gasteiger partial charge in [0.15, 0.2) is 0 Å². The van der Waals surface area contributed by atoms with Crippen LogP contribution >= 0.6 is 0 Å². The van der Waals surface area contributed by atoms with Gasteiger partial charge in [-0.05, 0) is 25.3 Å². The summed E-state index contributed by atoms with van der Waals surface area (Å²) in [7, 11) is -3.65. The van der Waals surface area contributed by atoms with Crippen LogP contribution in [0.5, 0.6) is 5.75 Å². The third-order valence-corrected chi connectivity index (χ3v) is 5.33. The summed E-state index contributed by atoms with van der Waals surface area (Å²) in [6.45, 7) is 5.71. The number of fused-ring (bicyclic) bond motifs is 1. The van der Waals surface area contributed by atoms with Crippen LogP contribution in [-0.2, 0) is 14.8 Å². The fraction of sp³-hybridized carbons (Fsp3) is 0.533. The molecule has 1 aromatic carbocycles. The van der Waals surface area contributed by atoms with Crippen molar-refractivity contribution in [3.05, 3.63) is 29.8 Å². The molecule has 0 unspecified atom stereocenters. The zero-order chi connectivity index (χ0) is 15.6. The first-order valence-corrected chi connectivity index (χ1v) is 8.63. The molecule has 5 nitrogen and oxygen atoms in total. The second-order valence-corrected chi connectivity index (χ2v) is 7.95. The van der Waals surface area contributed by atoms with E-state index in [2.05, 4.69) is 4.72 Å². The van der Waals surface area contributed by atoms with Crippen molar-refractivity contribution in [1.82, 2.24) is 4.72 Å². The Kier molecular flexibility index (Phi) is 4.56. The Balaban J connectivity index is 2.09. The molecule has 0 aliphatic carbocycles. The van der Waals surface area contributed by atoms with E-state index < -0.39 is 27.1 Å². The normalized spacial score (nSPS) is 19.0. The monoisotopic (exact) mass is 311 g/mol. The van der Waals surface area contributed by atoms with E-state index in [9.17, 15) is 13.2 Å². The molecule has 0 spiro atoms. The van der Waals surface area contributed by atoms with Crippen molar-refractivity contribution in [1.29, 1.82) is 0 Å². The zero-order valence-corrected chi connectivity index (χ0v) is 13.3. The lowest BCUT2D eigenvalue weighted by atomic mass is 10.0. The lowest BCUT2D eigenvalue weighted by Gasteiger charge is -2.17.